The molecule has 94 valence electrons. The van der Waals surface area contributed by atoms with Crippen molar-refractivity contribution in [2.75, 3.05) is 5.32 Å². The van der Waals surface area contributed by atoms with E-state index in [1.165, 1.54) is 6.33 Å². The van der Waals surface area contributed by atoms with Gasteiger partial charge in [-0.3, -0.25) is 5.32 Å². The Morgan fingerprint density at radius 3 is 2.67 bits per heavy atom. The van der Waals surface area contributed by atoms with Crippen LogP contribution in [0.15, 0.2) is 30.7 Å². The number of benzene rings is 1. The SMILES string of the molecule is O=C(Nc1cc(Cl)cc(Cl)c1)OCc1cnc[nH]1. The average Bonchev–Trinajstić information content (AvgIpc) is 2.77. The Morgan fingerprint density at radius 1 is 1.33 bits per heavy atom. The number of ether oxygens (including phenoxy) is 1. The zero-order valence-corrected chi connectivity index (χ0v) is 10.6. The normalized spacial score (nSPS) is 10.1. The van der Waals surface area contributed by atoms with Crippen molar-refractivity contribution >= 4 is 35.0 Å². The lowest BCUT2D eigenvalue weighted by atomic mass is 10.3. The summed E-state index contributed by atoms with van der Waals surface area (Å²) in [6.45, 7) is 0.111. The zero-order chi connectivity index (χ0) is 13.0. The van der Waals surface area contributed by atoms with Crippen molar-refractivity contribution in [3.05, 3.63) is 46.5 Å². The van der Waals surface area contributed by atoms with Crippen molar-refractivity contribution in [1.29, 1.82) is 0 Å². The molecule has 2 rings (SSSR count). The van der Waals surface area contributed by atoms with Crippen LogP contribution in [0.4, 0.5) is 10.5 Å². The Kier molecular flexibility index (Phi) is 4.07. The number of halogens is 2. The lowest BCUT2D eigenvalue weighted by Crippen LogP contribution is -2.13. The Labute approximate surface area is 113 Å². The number of carbonyl (C=O) groups excluding carboxylic acids is 1. The van der Waals surface area contributed by atoms with Crippen LogP contribution >= 0.6 is 23.2 Å². The molecular weight excluding hydrogens is 277 g/mol. The fourth-order valence-electron chi connectivity index (χ4n) is 1.29. The van der Waals surface area contributed by atoms with E-state index in [0.29, 0.717) is 21.4 Å². The number of rotatable bonds is 3. The van der Waals surface area contributed by atoms with Crippen LogP contribution in [0.1, 0.15) is 5.69 Å². The van der Waals surface area contributed by atoms with Gasteiger partial charge in [0, 0.05) is 15.7 Å². The summed E-state index contributed by atoms with van der Waals surface area (Å²) in [6.07, 6.45) is 2.49. The van der Waals surface area contributed by atoms with Gasteiger partial charge in [-0.2, -0.15) is 0 Å². The van der Waals surface area contributed by atoms with Crippen LogP contribution in [0, 0.1) is 0 Å². The third-order valence-electron chi connectivity index (χ3n) is 2.02. The van der Waals surface area contributed by atoms with Gasteiger partial charge in [-0.25, -0.2) is 9.78 Å². The highest BCUT2D eigenvalue weighted by Gasteiger charge is 2.05. The topological polar surface area (TPSA) is 67.0 Å². The van der Waals surface area contributed by atoms with Crippen LogP contribution in [-0.4, -0.2) is 16.1 Å². The summed E-state index contributed by atoms with van der Waals surface area (Å²) >= 11 is 11.6. The first-order valence-corrected chi connectivity index (χ1v) is 5.76. The quantitative estimate of drug-likeness (QED) is 0.907. The molecule has 0 radical (unpaired) electrons. The smallest absolute Gasteiger partial charge is 0.412 e. The van der Waals surface area contributed by atoms with Crippen LogP contribution in [0.5, 0.6) is 0 Å². The molecule has 0 aliphatic rings. The maximum atomic E-state index is 11.5. The van der Waals surface area contributed by atoms with Crippen molar-refractivity contribution in [3.63, 3.8) is 0 Å². The molecular formula is C11H9Cl2N3O2. The van der Waals surface area contributed by atoms with E-state index >= 15 is 0 Å². The monoisotopic (exact) mass is 285 g/mol. The highest BCUT2D eigenvalue weighted by atomic mass is 35.5. The first kappa shape index (κ1) is 12.7. The van der Waals surface area contributed by atoms with Crippen LogP contribution in [-0.2, 0) is 11.3 Å². The maximum Gasteiger partial charge on any atom is 0.412 e. The minimum absolute atomic E-state index is 0.111. The van der Waals surface area contributed by atoms with Gasteiger partial charge < -0.3 is 9.72 Å². The molecule has 0 aliphatic carbocycles. The fourth-order valence-corrected chi connectivity index (χ4v) is 1.81. The first-order valence-electron chi connectivity index (χ1n) is 5.00. The van der Waals surface area contributed by atoms with Crippen LogP contribution < -0.4 is 5.32 Å². The summed E-state index contributed by atoms with van der Waals surface area (Å²) in [7, 11) is 0. The van der Waals surface area contributed by atoms with Crippen molar-refractivity contribution in [1.82, 2.24) is 9.97 Å². The van der Waals surface area contributed by atoms with E-state index < -0.39 is 6.09 Å². The second kappa shape index (κ2) is 5.75. The van der Waals surface area contributed by atoms with Gasteiger partial charge in [0.1, 0.15) is 6.61 Å². The van der Waals surface area contributed by atoms with E-state index in [1.807, 2.05) is 0 Å². The Morgan fingerprint density at radius 2 is 2.06 bits per heavy atom. The van der Waals surface area contributed by atoms with Gasteiger partial charge in [0.2, 0.25) is 0 Å². The zero-order valence-electron chi connectivity index (χ0n) is 9.11. The number of H-pyrrole nitrogens is 1. The Balaban J connectivity index is 1.90. The summed E-state index contributed by atoms with van der Waals surface area (Å²) < 4.78 is 4.96. The predicted molar refractivity (Wildman–Crippen MR) is 68.9 cm³/mol. The second-order valence-electron chi connectivity index (χ2n) is 3.44. The number of hydrogen-bond donors (Lipinski definition) is 2. The number of aromatic amines is 1. The van der Waals surface area contributed by atoms with E-state index in [-0.39, 0.29) is 6.61 Å². The minimum atomic E-state index is -0.595. The molecule has 0 bridgehead atoms. The van der Waals surface area contributed by atoms with Gasteiger partial charge in [-0.05, 0) is 18.2 Å². The molecule has 0 unspecified atom stereocenters. The molecule has 5 nitrogen and oxygen atoms in total. The summed E-state index contributed by atoms with van der Waals surface area (Å²) in [5.74, 6) is 0. The minimum Gasteiger partial charge on any atom is -0.443 e. The molecule has 18 heavy (non-hydrogen) atoms. The number of imidazole rings is 1. The van der Waals surface area contributed by atoms with E-state index in [2.05, 4.69) is 15.3 Å². The number of anilines is 1. The number of aromatic nitrogens is 2. The van der Waals surface area contributed by atoms with Crippen molar-refractivity contribution in [2.24, 2.45) is 0 Å². The maximum absolute atomic E-state index is 11.5. The van der Waals surface area contributed by atoms with Gasteiger partial charge in [0.25, 0.3) is 0 Å². The molecule has 1 aromatic carbocycles. The number of nitrogens with one attached hydrogen (secondary N) is 2. The number of carbonyl (C=O) groups is 1. The Bertz CT molecular complexity index is 523. The molecule has 2 aromatic rings. The molecule has 1 amide bonds. The van der Waals surface area contributed by atoms with Gasteiger partial charge >= 0.3 is 6.09 Å². The molecule has 0 saturated heterocycles. The molecule has 0 saturated carbocycles. The molecule has 7 heteroatoms. The first-order chi connectivity index (χ1) is 8.63. The van der Waals surface area contributed by atoms with Crippen LogP contribution in [0.3, 0.4) is 0 Å². The van der Waals surface area contributed by atoms with Crippen molar-refractivity contribution in [2.45, 2.75) is 6.61 Å². The van der Waals surface area contributed by atoms with Gasteiger partial charge in [-0.1, -0.05) is 23.2 Å². The van der Waals surface area contributed by atoms with E-state index in [1.54, 1.807) is 24.4 Å². The van der Waals surface area contributed by atoms with Gasteiger partial charge in [0.05, 0.1) is 18.2 Å². The molecule has 0 atom stereocenters. The molecule has 0 spiro atoms. The molecule has 0 fully saturated rings. The molecule has 1 heterocycles. The molecule has 1 aromatic heterocycles. The largest absolute Gasteiger partial charge is 0.443 e. The number of hydrogen-bond acceptors (Lipinski definition) is 3. The molecule has 2 N–H and O–H groups in total. The average molecular weight is 286 g/mol. The summed E-state index contributed by atoms with van der Waals surface area (Å²) in [6, 6.07) is 4.72. The lowest BCUT2D eigenvalue weighted by Gasteiger charge is -2.06. The van der Waals surface area contributed by atoms with Gasteiger partial charge in [0.15, 0.2) is 0 Å². The third-order valence-corrected chi connectivity index (χ3v) is 2.46. The van der Waals surface area contributed by atoms with E-state index in [4.69, 9.17) is 27.9 Å². The molecule has 0 aliphatic heterocycles. The van der Waals surface area contributed by atoms with Crippen molar-refractivity contribution in [3.8, 4) is 0 Å². The van der Waals surface area contributed by atoms with E-state index in [9.17, 15) is 4.79 Å². The predicted octanol–water partition coefficient (Wildman–Crippen LogP) is 3.47. The lowest BCUT2D eigenvalue weighted by molar-refractivity contribution is 0.154. The number of amides is 1. The summed E-state index contributed by atoms with van der Waals surface area (Å²) in [5.41, 5.74) is 1.18. The number of nitrogens with zero attached hydrogens (tertiary/aromatic N) is 1. The highest BCUT2D eigenvalue weighted by Crippen LogP contribution is 2.22. The van der Waals surface area contributed by atoms with Gasteiger partial charge in [-0.15, -0.1) is 0 Å². The summed E-state index contributed by atoms with van der Waals surface area (Å²) in [4.78, 5) is 18.1. The summed E-state index contributed by atoms with van der Waals surface area (Å²) in [5, 5.41) is 3.39. The van der Waals surface area contributed by atoms with E-state index in [0.717, 1.165) is 0 Å². The van der Waals surface area contributed by atoms with Crippen LogP contribution in [0.25, 0.3) is 0 Å². The standard InChI is InChI=1S/C11H9Cl2N3O2/c12-7-1-8(13)3-9(2-7)16-11(17)18-5-10-4-14-6-15-10/h1-4,6H,5H2,(H,14,15)(H,16,17). The second-order valence-corrected chi connectivity index (χ2v) is 4.31. The highest BCUT2D eigenvalue weighted by molar-refractivity contribution is 6.35. The van der Waals surface area contributed by atoms with Crippen molar-refractivity contribution < 1.29 is 9.53 Å². The van der Waals surface area contributed by atoms with Crippen LogP contribution in [0.2, 0.25) is 10.0 Å². The third kappa shape index (κ3) is 3.65. The fraction of sp³-hybridized carbons (Fsp3) is 0.0909. The Hall–Kier alpha value is -1.72.